The minimum Gasteiger partial charge on any atom is -0.339 e. The molecule has 0 amide bonds. The van der Waals surface area contributed by atoms with Crippen LogP contribution < -0.4 is 5.73 Å². The summed E-state index contributed by atoms with van der Waals surface area (Å²) in [7, 11) is 0. The maximum Gasteiger partial charge on any atom is 0.231 e. The van der Waals surface area contributed by atoms with Gasteiger partial charge in [-0.2, -0.15) is 4.98 Å². The van der Waals surface area contributed by atoms with E-state index in [2.05, 4.69) is 10.1 Å². The second-order valence-corrected chi connectivity index (χ2v) is 4.35. The molecular formula is C13H17N3O. The van der Waals surface area contributed by atoms with Crippen LogP contribution in [0.4, 0.5) is 0 Å². The minimum absolute atomic E-state index is 0.289. The summed E-state index contributed by atoms with van der Waals surface area (Å²) in [6, 6.07) is 8.05. The molecule has 1 aromatic heterocycles. The number of nitrogens with two attached hydrogens (primary N) is 1. The van der Waals surface area contributed by atoms with Crippen molar-refractivity contribution in [2.75, 3.05) is 0 Å². The van der Waals surface area contributed by atoms with Gasteiger partial charge < -0.3 is 10.3 Å². The predicted molar refractivity (Wildman–Crippen MR) is 65.5 cm³/mol. The van der Waals surface area contributed by atoms with Gasteiger partial charge in [-0.25, -0.2) is 0 Å². The average Bonchev–Trinajstić information content (AvgIpc) is 2.78. The summed E-state index contributed by atoms with van der Waals surface area (Å²) in [4.78, 5) is 4.36. The summed E-state index contributed by atoms with van der Waals surface area (Å²) in [6.07, 6.45) is 0.646. The standard InChI is InChI=1S/C13H17N3O/c1-9(2)13-15-12(17-16-13)7-10-5-3-4-6-11(10)8-14/h3-6,9H,7-8,14H2,1-2H3. The monoisotopic (exact) mass is 231 g/mol. The summed E-state index contributed by atoms with van der Waals surface area (Å²) in [5.41, 5.74) is 7.96. The Balaban J connectivity index is 2.19. The summed E-state index contributed by atoms with van der Waals surface area (Å²) in [6.45, 7) is 4.62. The van der Waals surface area contributed by atoms with Gasteiger partial charge in [0, 0.05) is 12.5 Å². The van der Waals surface area contributed by atoms with Crippen molar-refractivity contribution in [1.82, 2.24) is 10.1 Å². The first kappa shape index (κ1) is 11.8. The largest absolute Gasteiger partial charge is 0.339 e. The van der Waals surface area contributed by atoms with Crippen molar-refractivity contribution in [1.29, 1.82) is 0 Å². The first-order valence-corrected chi connectivity index (χ1v) is 5.80. The molecule has 0 bridgehead atoms. The van der Waals surface area contributed by atoms with E-state index in [1.54, 1.807) is 0 Å². The Morgan fingerprint density at radius 3 is 2.53 bits per heavy atom. The van der Waals surface area contributed by atoms with Gasteiger partial charge in [0.25, 0.3) is 0 Å². The average molecular weight is 231 g/mol. The molecule has 0 aliphatic rings. The van der Waals surface area contributed by atoms with E-state index in [-0.39, 0.29) is 5.92 Å². The molecule has 1 aromatic carbocycles. The van der Waals surface area contributed by atoms with Gasteiger partial charge in [-0.05, 0) is 11.1 Å². The first-order chi connectivity index (χ1) is 8.20. The summed E-state index contributed by atoms with van der Waals surface area (Å²) < 4.78 is 5.23. The molecule has 0 radical (unpaired) electrons. The highest BCUT2D eigenvalue weighted by Gasteiger charge is 2.11. The molecule has 0 saturated carbocycles. The summed E-state index contributed by atoms with van der Waals surface area (Å²) >= 11 is 0. The van der Waals surface area contributed by atoms with E-state index in [4.69, 9.17) is 10.3 Å². The maximum atomic E-state index is 5.69. The predicted octanol–water partition coefficient (Wildman–Crippen LogP) is 2.24. The molecule has 90 valence electrons. The molecule has 0 spiro atoms. The quantitative estimate of drug-likeness (QED) is 0.876. The number of rotatable bonds is 4. The van der Waals surface area contributed by atoms with Gasteiger partial charge in [0.15, 0.2) is 5.82 Å². The van der Waals surface area contributed by atoms with Crippen molar-refractivity contribution >= 4 is 0 Å². The Morgan fingerprint density at radius 1 is 1.24 bits per heavy atom. The van der Waals surface area contributed by atoms with Crippen LogP contribution in [-0.2, 0) is 13.0 Å². The molecule has 1 heterocycles. The Bertz CT molecular complexity index is 491. The number of hydrogen-bond acceptors (Lipinski definition) is 4. The lowest BCUT2D eigenvalue weighted by Crippen LogP contribution is -2.02. The van der Waals surface area contributed by atoms with Crippen molar-refractivity contribution in [3.63, 3.8) is 0 Å². The van der Waals surface area contributed by atoms with E-state index in [9.17, 15) is 0 Å². The first-order valence-electron chi connectivity index (χ1n) is 5.80. The molecule has 0 aliphatic heterocycles. The van der Waals surface area contributed by atoms with Crippen LogP contribution in [0.2, 0.25) is 0 Å². The molecule has 0 fully saturated rings. The van der Waals surface area contributed by atoms with Crippen molar-refractivity contribution in [3.8, 4) is 0 Å². The molecule has 0 saturated heterocycles. The summed E-state index contributed by atoms with van der Waals surface area (Å²) in [5.74, 6) is 1.69. The minimum atomic E-state index is 0.289. The maximum absolute atomic E-state index is 5.69. The van der Waals surface area contributed by atoms with E-state index in [1.165, 1.54) is 0 Å². The van der Waals surface area contributed by atoms with Crippen LogP contribution in [0.5, 0.6) is 0 Å². The number of hydrogen-bond donors (Lipinski definition) is 1. The zero-order valence-corrected chi connectivity index (χ0v) is 10.2. The molecule has 2 N–H and O–H groups in total. The lowest BCUT2D eigenvalue weighted by Gasteiger charge is -2.03. The van der Waals surface area contributed by atoms with Gasteiger partial charge in [0.05, 0.1) is 6.42 Å². The van der Waals surface area contributed by atoms with Gasteiger partial charge >= 0.3 is 0 Å². The van der Waals surface area contributed by atoms with Crippen LogP contribution in [0.25, 0.3) is 0 Å². The zero-order chi connectivity index (χ0) is 12.3. The highest BCUT2D eigenvalue weighted by atomic mass is 16.5. The van der Waals surface area contributed by atoms with Crippen LogP contribution in [0.15, 0.2) is 28.8 Å². The second-order valence-electron chi connectivity index (χ2n) is 4.35. The van der Waals surface area contributed by atoms with E-state index < -0.39 is 0 Å². The third-order valence-corrected chi connectivity index (χ3v) is 2.68. The fourth-order valence-electron chi connectivity index (χ4n) is 1.67. The fourth-order valence-corrected chi connectivity index (χ4v) is 1.67. The molecule has 4 heteroatoms. The summed E-state index contributed by atoms with van der Waals surface area (Å²) in [5, 5.41) is 3.95. The van der Waals surface area contributed by atoms with E-state index in [0.717, 1.165) is 17.0 Å². The third kappa shape index (κ3) is 2.71. The van der Waals surface area contributed by atoms with Crippen LogP contribution in [-0.4, -0.2) is 10.1 Å². The number of benzene rings is 1. The smallest absolute Gasteiger partial charge is 0.231 e. The van der Waals surface area contributed by atoms with Gasteiger partial charge in [-0.1, -0.05) is 43.3 Å². The van der Waals surface area contributed by atoms with Crippen molar-refractivity contribution in [3.05, 3.63) is 47.1 Å². The Morgan fingerprint density at radius 2 is 1.94 bits per heavy atom. The van der Waals surface area contributed by atoms with Crippen molar-refractivity contribution in [2.45, 2.75) is 32.7 Å². The van der Waals surface area contributed by atoms with Crippen molar-refractivity contribution < 1.29 is 4.52 Å². The van der Waals surface area contributed by atoms with Crippen LogP contribution in [0.3, 0.4) is 0 Å². The Labute approximate surface area is 101 Å². The fraction of sp³-hybridized carbons (Fsp3) is 0.385. The van der Waals surface area contributed by atoms with E-state index in [1.807, 2.05) is 38.1 Å². The second kappa shape index (κ2) is 5.10. The van der Waals surface area contributed by atoms with Gasteiger partial charge in [-0.3, -0.25) is 0 Å². The third-order valence-electron chi connectivity index (χ3n) is 2.68. The Kier molecular flexibility index (Phi) is 3.54. The van der Waals surface area contributed by atoms with Gasteiger partial charge in [0.2, 0.25) is 5.89 Å². The number of nitrogens with zero attached hydrogens (tertiary/aromatic N) is 2. The van der Waals surface area contributed by atoms with Gasteiger partial charge in [0.1, 0.15) is 0 Å². The highest BCUT2D eigenvalue weighted by molar-refractivity contribution is 5.29. The number of aromatic nitrogens is 2. The topological polar surface area (TPSA) is 64.9 Å². The zero-order valence-electron chi connectivity index (χ0n) is 10.2. The molecule has 17 heavy (non-hydrogen) atoms. The SMILES string of the molecule is CC(C)c1noc(Cc2ccccc2CN)n1. The molecule has 2 rings (SSSR count). The molecule has 4 nitrogen and oxygen atoms in total. The highest BCUT2D eigenvalue weighted by Crippen LogP contribution is 2.15. The lowest BCUT2D eigenvalue weighted by molar-refractivity contribution is 0.377. The molecular weight excluding hydrogens is 214 g/mol. The Hall–Kier alpha value is -1.68. The van der Waals surface area contributed by atoms with Crippen LogP contribution >= 0.6 is 0 Å². The van der Waals surface area contributed by atoms with Gasteiger partial charge in [-0.15, -0.1) is 0 Å². The van der Waals surface area contributed by atoms with E-state index in [0.29, 0.717) is 18.9 Å². The molecule has 0 aliphatic carbocycles. The lowest BCUT2D eigenvalue weighted by atomic mass is 10.0. The molecule has 0 unspecified atom stereocenters. The van der Waals surface area contributed by atoms with Crippen LogP contribution in [0, 0.1) is 0 Å². The van der Waals surface area contributed by atoms with E-state index >= 15 is 0 Å². The molecule has 0 atom stereocenters. The van der Waals surface area contributed by atoms with Crippen molar-refractivity contribution in [2.24, 2.45) is 5.73 Å². The normalized spacial score (nSPS) is 11.1. The molecule has 2 aromatic rings. The van der Waals surface area contributed by atoms with Crippen LogP contribution in [0.1, 0.15) is 42.6 Å².